The molecule has 98 valence electrons. The van der Waals surface area contributed by atoms with E-state index in [-0.39, 0.29) is 18.5 Å². The summed E-state index contributed by atoms with van der Waals surface area (Å²) in [5, 5.41) is 7.73. The molecule has 0 radical (unpaired) electrons. The van der Waals surface area contributed by atoms with Crippen LogP contribution in [0.2, 0.25) is 0 Å². The predicted octanol–water partition coefficient (Wildman–Crippen LogP) is 1.56. The molecule has 1 amide bonds. The number of hydrogen-bond acceptors (Lipinski definition) is 3. The van der Waals surface area contributed by atoms with Gasteiger partial charge < -0.3 is 4.90 Å². The van der Waals surface area contributed by atoms with Crippen LogP contribution < -0.4 is 4.90 Å². The van der Waals surface area contributed by atoms with Crippen molar-refractivity contribution in [2.45, 2.75) is 32.9 Å². The molecular formula is C14H16N4O. The third-order valence-corrected chi connectivity index (χ3v) is 3.57. The van der Waals surface area contributed by atoms with Crippen LogP contribution in [-0.2, 0) is 17.8 Å². The first-order chi connectivity index (χ1) is 9.16. The lowest BCUT2D eigenvalue weighted by molar-refractivity contribution is -0.119. The van der Waals surface area contributed by atoms with Crippen molar-refractivity contribution in [2.75, 3.05) is 4.90 Å². The molecule has 0 aliphatic carbocycles. The Kier molecular flexibility index (Phi) is 2.81. The fraction of sp³-hybridized carbons (Fsp3) is 0.357. The number of amides is 1. The van der Waals surface area contributed by atoms with E-state index in [9.17, 15) is 4.79 Å². The first-order valence-electron chi connectivity index (χ1n) is 6.42. The summed E-state index contributed by atoms with van der Waals surface area (Å²) in [6, 6.07) is 8.28. The lowest BCUT2D eigenvalue weighted by atomic mass is 10.1. The molecule has 1 unspecified atom stereocenters. The van der Waals surface area contributed by atoms with Crippen LogP contribution >= 0.6 is 0 Å². The second kappa shape index (κ2) is 4.50. The van der Waals surface area contributed by atoms with E-state index in [0.717, 1.165) is 17.8 Å². The Morgan fingerprint density at radius 2 is 2.21 bits per heavy atom. The normalized spacial score (nSPS) is 17.6. The highest BCUT2D eigenvalue weighted by molar-refractivity contribution is 5.96. The summed E-state index contributed by atoms with van der Waals surface area (Å²) in [5.74, 6) is 0.0612. The Labute approximate surface area is 111 Å². The van der Waals surface area contributed by atoms with Gasteiger partial charge in [-0.15, -0.1) is 5.10 Å². The van der Waals surface area contributed by atoms with Crippen LogP contribution in [0.3, 0.4) is 0 Å². The number of rotatable bonds is 2. The topological polar surface area (TPSA) is 51.0 Å². The number of nitrogens with zero attached hydrogens (tertiary/aromatic N) is 4. The summed E-state index contributed by atoms with van der Waals surface area (Å²) in [6.45, 7) is 4.21. The van der Waals surface area contributed by atoms with Gasteiger partial charge in [-0.2, -0.15) is 0 Å². The summed E-state index contributed by atoms with van der Waals surface area (Å²) in [4.78, 5) is 14.3. The van der Waals surface area contributed by atoms with Gasteiger partial charge in [0, 0.05) is 11.7 Å². The van der Waals surface area contributed by atoms with Crippen LogP contribution in [0.5, 0.6) is 0 Å². The summed E-state index contributed by atoms with van der Waals surface area (Å²) in [7, 11) is 0. The van der Waals surface area contributed by atoms with Gasteiger partial charge in [0.05, 0.1) is 11.9 Å². The summed E-state index contributed by atoms with van der Waals surface area (Å²) >= 11 is 0. The zero-order valence-corrected chi connectivity index (χ0v) is 11.1. The van der Waals surface area contributed by atoms with E-state index in [1.807, 2.05) is 30.0 Å². The quantitative estimate of drug-likeness (QED) is 0.819. The maximum Gasteiger partial charge on any atom is 0.249 e. The molecular weight excluding hydrogens is 240 g/mol. The molecule has 3 rings (SSSR count). The number of aromatic nitrogens is 3. The van der Waals surface area contributed by atoms with Crippen LogP contribution in [0.4, 0.5) is 5.69 Å². The number of aryl methyl sites for hydroxylation is 1. The average molecular weight is 256 g/mol. The fourth-order valence-electron chi connectivity index (χ4n) is 2.62. The zero-order chi connectivity index (χ0) is 13.4. The van der Waals surface area contributed by atoms with Crippen LogP contribution in [0.1, 0.15) is 18.2 Å². The molecule has 0 N–H and O–H groups in total. The predicted molar refractivity (Wildman–Crippen MR) is 71.9 cm³/mol. The number of carbonyl (C=O) groups is 1. The Balaban J connectivity index is 1.86. The molecule has 1 aliphatic rings. The molecule has 0 fully saturated rings. The Morgan fingerprint density at radius 1 is 1.42 bits per heavy atom. The molecule has 1 atom stereocenters. The smallest absolute Gasteiger partial charge is 0.249 e. The van der Waals surface area contributed by atoms with Crippen molar-refractivity contribution < 1.29 is 4.79 Å². The van der Waals surface area contributed by atoms with Gasteiger partial charge in [0.2, 0.25) is 5.91 Å². The van der Waals surface area contributed by atoms with Gasteiger partial charge in [0.1, 0.15) is 6.54 Å². The Morgan fingerprint density at radius 3 is 2.95 bits per heavy atom. The molecule has 19 heavy (non-hydrogen) atoms. The highest BCUT2D eigenvalue weighted by Gasteiger charge is 2.30. The van der Waals surface area contributed by atoms with Crippen molar-refractivity contribution in [2.24, 2.45) is 0 Å². The van der Waals surface area contributed by atoms with Gasteiger partial charge >= 0.3 is 0 Å². The molecule has 0 saturated heterocycles. The molecule has 0 saturated carbocycles. The van der Waals surface area contributed by atoms with E-state index < -0.39 is 0 Å². The molecule has 1 aromatic heterocycles. The van der Waals surface area contributed by atoms with Gasteiger partial charge in [-0.05, 0) is 31.9 Å². The lowest BCUT2D eigenvalue weighted by Crippen LogP contribution is -2.38. The molecule has 1 aliphatic heterocycles. The van der Waals surface area contributed by atoms with E-state index in [2.05, 4.69) is 23.3 Å². The second-order valence-corrected chi connectivity index (χ2v) is 4.98. The van der Waals surface area contributed by atoms with E-state index in [0.29, 0.717) is 0 Å². The minimum absolute atomic E-state index is 0.0612. The maximum atomic E-state index is 12.5. The second-order valence-electron chi connectivity index (χ2n) is 4.98. The third kappa shape index (κ3) is 2.01. The number of carbonyl (C=O) groups excluding carboxylic acids is 1. The Hall–Kier alpha value is -2.17. The summed E-state index contributed by atoms with van der Waals surface area (Å²) < 4.78 is 1.63. The molecule has 5 nitrogen and oxygen atoms in total. The molecule has 2 aromatic rings. The number of fused-ring (bicyclic) bond motifs is 1. The van der Waals surface area contributed by atoms with E-state index in [1.54, 1.807) is 10.9 Å². The van der Waals surface area contributed by atoms with Gasteiger partial charge in [0.25, 0.3) is 0 Å². The van der Waals surface area contributed by atoms with Crippen molar-refractivity contribution in [1.82, 2.24) is 15.0 Å². The zero-order valence-electron chi connectivity index (χ0n) is 11.1. The summed E-state index contributed by atoms with van der Waals surface area (Å²) in [5.41, 5.74) is 3.16. The van der Waals surface area contributed by atoms with Crippen molar-refractivity contribution in [3.05, 3.63) is 41.7 Å². The van der Waals surface area contributed by atoms with Crippen molar-refractivity contribution in [3.8, 4) is 0 Å². The van der Waals surface area contributed by atoms with E-state index in [4.69, 9.17) is 0 Å². The summed E-state index contributed by atoms with van der Waals surface area (Å²) in [6.07, 6.45) is 2.58. The fourth-order valence-corrected chi connectivity index (χ4v) is 2.62. The third-order valence-electron chi connectivity index (χ3n) is 3.57. The number of benzene rings is 1. The number of anilines is 1. The standard InChI is InChI=1S/C14H16N4O/c1-10-7-12-5-3-4-6-13(12)18(10)14(19)9-17-11(2)8-15-16-17/h3-6,8,10H,7,9H2,1-2H3. The minimum Gasteiger partial charge on any atom is -0.307 e. The van der Waals surface area contributed by atoms with Crippen molar-refractivity contribution >= 4 is 11.6 Å². The van der Waals surface area contributed by atoms with Crippen molar-refractivity contribution in [3.63, 3.8) is 0 Å². The highest BCUT2D eigenvalue weighted by Crippen LogP contribution is 2.31. The lowest BCUT2D eigenvalue weighted by Gasteiger charge is -2.22. The molecule has 1 aromatic carbocycles. The van der Waals surface area contributed by atoms with Gasteiger partial charge in [0.15, 0.2) is 0 Å². The van der Waals surface area contributed by atoms with Gasteiger partial charge in [-0.3, -0.25) is 4.79 Å². The van der Waals surface area contributed by atoms with Crippen molar-refractivity contribution in [1.29, 1.82) is 0 Å². The minimum atomic E-state index is 0.0612. The van der Waals surface area contributed by atoms with Crippen LogP contribution in [0.25, 0.3) is 0 Å². The SMILES string of the molecule is Cc1cnnn1CC(=O)N1c2ccccc2CC1C. The maximum absolute atomic E-state index is 12.5. The van der Waals surface area contributed by atoms with Crippen LogP contribution in [0.15, 0.2) is 30.5 Å². The molecule has 0 bridgehead atoms. The highest BCUT2D eigenvalue weighted by atomic mass is 16.2. The molecule has 5 heteroatoms. The monoisotopic (exact) mass is 256 g/mol. The van der Waals surface area contributed by atoms with Crippen LogP contribution in [-0.4, -0.2) is 26.9 Å². The van der Waals surface area contributed by atoms with E-state index >= 15 is 0 Å². The van der Waals surface area contributed by atoms with Crippen LogP contribution in [0, 0.1) is 6.92 Å². The molecule has 2 heterocycles. The van der Waals surface area contributed by atoms with E-state index in [1.165, 1.54) is 5.56 Å². The average Bonchev–Trinajstić information content (AvgIpc) is 2.92. The first-order valence-corrected chi connectivity index (χ1v) is 6.42. The molecule has 0 spiro atoms. The first kappa shape index (κ1) is 11.9. The van der Waals surface area contributed by atoms with Gasteiger partial charge in [-0.25, -0.2) is 4.68 Å². The van der Waals surface area contributed by atoms with Gasteiger partial charge in [-0.1, -0.05) is 23.4 Å². The Bertz CT molecular complexity index is 619. The number of para-hydroxylation sites is 1. The number of hydrogen-bond donors (Lipinski definition) is 0. The largest absolute Gasteiger partial charge is 0.307 e.